The van der Waals surface area contributed by atoms with Crippen molar-refractivity contribution >= 4 is 27.5 Å². The van der Waals surface area contributed by atoms with Crippen LogP contribution in [0, 0.1) is 0 Å². The van der Waals surface area contributed by atoms with Crippen molar-refractivity contribution in [3.05, 3.63) is 57.4 Å². The highest BCUT2D eigenvalue weighted by Crippen LogP contribution is 2.33. The minimum Gasteiger partial charge on any atom is -0.447 e. The van der Waals surface area contributed by atoms with Gasteiger partial charge in [-0.15, -0.1) is 0 Å². The van der Waals surface area contributed by atoms with Gasteiger partial charge in [-0.25, -0.2) is 0 Å². The molecule has 0 saturated carbocycles. The number of halogens is 2. The van der Waals surface area contributed by atoms with Gasteiger partial charge in [0.2, 0.25) is 0 Å². The van der Waals surface area contributed by atoms with Crippen LogP contribution in [0.2, 0.25) is 5.22 Å². The number of aliphatic hydroxyl groups excluding tert-OH is 1. The Bertz CT molecular complexity index is 529. The summed E-state index contributed by atoms with van der Waals surface area (Å²) in [4.78, 5) is 0. The van der Waals surface area contributed by atoms with Gasteiger partial charge in [-0.05, 0) is 41.4 Å². The van der Waals surface area contributed by atoms with Crippen LogP contribution < -0.4 is 5.73 Å². The quantitative estimate of drug-likeness (QED) is 0.902. The number of rotatable bonds is 4. The number of aliphatic hydroxyl groups is 1. The first-order chi connectivity index (χ1) is 8.61. The number of furan rings is 1. The van der Waals surface area contributed by atoms with E-state index < -0.39 is 6.10 Å². The molecule has 0 saturated heterocycles. The highest BCUT2D eigenvalue weighted by Gasteiger charge is 2.24. The molecule has 0 bridgehead atoms. The molecule has 2 atom stereocenters. The molecule has 0 aliphatic carbocycles. The normalized spacial score (nSPS) is 14.4. The molecule has 0 spiro atoms. The second kappa shape index (κ2) is 5.89. The Morgan fingerprint density at radius 3 is 2.67 bits per heavy atom. The first-order valence-electron chi connectivity index (χ1n) is 5.50. The lowest BCUT2D eigenvalue weighted by Gasteiger charge is -2.20. The standard InChI is InChI=1S/C13H13BrClNO2/c14-9-3-1-2-8(6-9)10(7-16)13(17)11-4-5-12(15)18-11/h1-6,10,13,17H,7,16H2. The zero-order chi connectivity index (χ0) is 13.1. The summed E-state index contributed by atoms with van der Waals surface area (Å²) >= 11 is 9.11. The lowest BCUT2D eigenvalue weighted by Crippen LogP contribution is -2.19. The fraction of sp³-hybridized carbons (Fsp3) is 0.231. The molecule has 0 aliphatic heterocycles. The van der Waals surface area contributed by atoms with Crippen molar-refractivity contribution in [3.8, 4) is 0 Å². The summed E-state index contributed by atoms with van der Waals surface area (Å²) in [5, 5.41) is 10.5. The van der Waals surface area contributed by atoms with Crippen LogP contribution in [0.1, 0.15) is 23.3 Å². The minimum absolute atomic E-state index is 0.232. The molecular weight excluding hydrogens is 318 g/mol. The van der Waals surface area contributed by atoms with E-state index in [1.165, 1.54) is 0 Å². The molecule has 2 rings (SSSR count). The zero-order valence-corrected chi connectivity index (χ0v) is 11.9. The average Bonchev–Trinajstić information content (AvgIpc) is 2.77. The van der Waals surface area contributed by atoms with Gasteiger partial charge in [-0.1, -0.05) is 28.1 Å². The van der Waals surface area contributed by atoms with Crippen LogP contribution in [-0.2, 0) is 0 Å². The summed E-state index contributed by atoms with van der Waals surface area (Å²) in [6.07, 6.45) is -0.809. The Labute approximate surface area is 119 Å². The van der Waals surface area contributed by atoms with Crippen molar-refractivity contribution in [2.75, 3.05) is 6.54 Å². The van der Waals surface area contributed by atoms with Gasteiger partial charge >= 0.3 is 0 Å². The van der Waals surface area contributed by atoms with E-state index in [1.54, 1.807) is 12.1 Å². The summed E-state index contributed by atoms with van der Waals surface area (Å²) in [6, 6.07) is 11.0. The Morgan fingerprint density at radius 1 is 1.33 bits per heavy atom. The van der Waals surface area contributed by atoms with Crippen LogP contribution in [0.3, 0.4) is 0 Å². The van der Waals surface area contributed by atoms with Crippen molar-refractivity contribution < 1.29 is 9.52 Å². The topological polar surface area (TPSA) is 59.4 Å². The SMILES string of the molecule is NCC(c1cccc(Br)c1)C(O)c1ccc(Cl)o1. The predicted octanol–water partition coefficient (Wildman–Crippen LogP) is 3.47. The molecule has 1 aromatic heterocycles. The van der Waals surface area contributed by atoms with Crippen LogP contribution in [0.15, 0.2) is 45.3 Å². The molecule has 3 nitrogen and oxygen atoms in total. The van der Waals surface area contributed by atoms with Gasteiger partial charge in [0.25, 0.3) is 0 Å². The van der Waals surface area contributed by atoms with Gasteiger partial charge in [-0.3, -0.25) is 0 Å². The lowest BCUT2D eigenvalue weighted by atomic mass is 9.92. The average molecular weight is 331 g/mol. The Balaban J connectivity index is 2.28. The maximum Gasteiger partial charge on any atom is 0.193 e. The first-order valence-corrected chi connectivity index (χ1v) is 6.67. The fourth-order valence-corrected chi connectivity index (χ4v) is 2.44. The maximum atomic E-state index is 10.3. The summed E-state index contributed by atoms with van der Waals surface area (Å²) < 4.78 is 6.18. The first kappa shape index (κ1) is 13.6. The van der Waals surface area contributed by atoms with Gasteiger partial charge in [0.1, 0.15) is 11.9 Å². The Morgan fingerprint density at radius 2 is 2.11 bits per heavy atom. The third-order valence-electron chi connectivity index (χ3n) is 2.80. The highest BCUT2D eigenvalue weighted by molar-refractivity contribution is 9.10. The molecular formula is C13H13BrClNO2. The fourth-order valence-electron chi connectivity index (χ4n) is 1.87. The number of hydrogen-bond acceptors (Lipinski definition) is 3. The highest BCUT2D eigenvalue weighted by atomic mass is 79.9. The number of hydrogen-bond donors (Lipinski definition) is 2. The summed E-state index contributed by atoms with van der Waals surface area (Å²) in [5.41, 5.74) is 6.70. The Kier molecular flexibility index (Phi) is 4.45. The van der Waals surface area contributed by atoms with Crippen molar-refractivity contribution in [2.45, 2.75) is 12.0 Å². The van der Waals surface area contributed by atoms with Gasteiger partial charge in [0.05, 0.1) is 0 Å². The molecule has 0 aliphatic rings. The predicted molar refractivity (Wildman–Crippen MR) is 74.6 cm³/mol. The van der Waals surface area contributed by atoms with Crippen molar-refractivity contribution in [1.29, 1.82) is 0 Å². The van der Waals surface area contributed by atoms with Gasteiger partial charge in [0, 0.05) is 16.9 Å². The molecule has 0 fully saturated rings. The lowest BCUT2D eigenvalue weighted by molar-refractivity contribution is 0.122. The zero-order valence-electron chi connectivity index (χ0n) is 9.51. The van der Waals surface area contributed by atoms with Gasteiger partial charge < -0.3 is 15.3 Å². The van der Waals surface area contributed by atoms with Crippen LogP contribution >= 0.6 is 27.5 Å². The van der Waals surface area contributed by atoms with E-state index >= 15 is 0 Å². The number of benzene rings is 1. The maximum absolute atomic E-state index is 10.3. The van der Waals surface area contributed by atoms with E-state index in [1.807, 2.05) is 24.3 Å². The number of nitrogens with two attached hydrogens (primary N) is 1. The van der Waals surface area contributed by atoms with Crippen LogP contribution in [0.25, 0.3) is 0 Å². The van der Waals surface area contributed by atoms with Gasteiger partial charge in [0.15, 0.2) is 5.22 Å². The second-order valence-electron chi connectivity index (χ2n) is 3.98. The molecule has 1 aromatic carbocycles. The summed E-state index contributed by atoms with van der Waals surface area (Å²) in [5.74, 6) is 0.195. The van der Waals surface area contributed by atoms with Crippen LogP contribution in [0.4, 0.5) is 0 Å². The van der Waals surface area contributed by atoms with Gasteiger partial charge in [-0.2, -0.15) is 0 Å². The van der Waals surface area contributed by atoms with Crippen molar-refractivity contribution in [2.24, 2.45) is 5.73 Å². The molecule has 2 aromatic rings. The summed E-state index contributed by atoms with van der Waals surface area (Å²) in [6.45, 7) is 0.315. The van der Waals surface area contributed by atoms with E-state index in [0.29, 0.717) is 12.3 Å². The molecule has 1 heterocycles. The van der Waals surface area contributed by atoms with E-state index in [2.05, 4.69) is 15.9 Å². The minimum atomic E-state index is -0.809. The largest absolute Gasteiger partial charge is 0.447 e. The van der Waals surface area contributed by atoms with Crippen molar-refractivity contribution in [1.82, 2.24) is 0 Å². The molecule has 5 heteroatoms. The molecule has 18 heavy (non-hydrogen) atoms. The monoisotopic (exact) mass is 329 g/mol. The van der Waals surface area contributed by atoms with Crippen LogP contribution in [-0.4, -0.2) is 11.7 Å². The third-order valence-corrected chi connectivity index (χ3v) is 3.49. The van der Waals surface area contributed by atoms with E-state index in [-0.39, 0.29) is 11.1 Å². The van der Waals surface area contributed by atoms with E-state index in [9.17, 15) is 5.11 Å². The molecule has 96 valence electrons. The van der Waals surface area contributed by atoms with E-state index in [0.717, 1.165) is 10.0 Å². The second-order valence-corrected chi connectivity index (χ2v) is 5.27. The third kappa shape index (κ3) is 2.95. The molecule has 0 amide bonds. The smallest absolute Gasteiger partial charge is 0.193 e. The van der Waals surface area contributed by atoms with Crippen molar-refractivity contribution in [3.63, 3.8) is 0 Å². The molecule has 0 radical (unpaired) electrons. The summed E-state index contributed by atoms with van der Waals surface area (Å²) in [7, 11) is 0. The molecule has 3 N–H and O–H groups in total. The van der Waals surface area contributed by atoms with E-state index in [4.69, 9.17) is 21.8 Å². The Hall–Kier alpha value is -0.810. The van der Waals surface area contributed by atoms with Crippen LogP contribution in [0.5, 0.6) is 0 Å². The molecule has 2 unspecified atom stereocenters.